The highest BCUT2D eigenvalue weighted by Gasteiger charge is 2.38. The molecule has 1 aliphatic rings. The molecule has 1 aromatic rings. The molecule has 0 heterocycles. The van der Waals surface area contributed by atoms with Gasteiger partial charge in [-0.25, -0.2) is 0 Å². The molecule has 70 valence electrons. The normalized spacial score (nSPS) is 18.6. The average molecular weight is 176 g/mol. The second-order valence-corrected chi connectivity index (χ2v) is 4.19. The van der Waals surface area contributed by atoms with E-state index in [1.807, 2.05) is 0 Å². The Bertz CT molecular complexity index is 282. The summed E-state index contributed by atoms with van der Waals surface area (Å²) in [7, 11) is 1.73. The zero-order valence-electron chi connectivity index (χ0n) is 8.34. The molecule has 0 saturated heterocycles. The lowest BCUT2D eigenvalue weighted by Crippen LogP contribution is -1.99. The van der Waals surface area contributed by atoms with E-state index in [1.165, 1.54) is 24.0 Å². The van der Waals surface area contributed by atoms with Crippen molar-refractivity contribution in [2.75, 3.05) is 7.11 Å². The van der Waals surface area contributed by atoms with E-state index < -0.39 is 0 Å². The quantitative estimate of drug-likeness (QED) is 0.688. The van der Waals surface area contributed by atoms with Crippen molar-refractivity contribution < 1.29 is 4.74 Å². The van der Waals surface area contributed by atoms with Gasteiger partial charge in [0.2, 0.25) is 0 Å². The number of methoxy groups -OCH3 is 1. The smallest absolute Gasteiger partial charge is 0.0713 e. The van der Waals surface area contributed by atoms with Crippen molar-refractivity contribution in [3.8, 4) is 0 Å². The fourth-order valence-electron chi connectivity index (χ4n) is 1.65. The summed E-state index contributed by atoms with van der Waals surface area (Å²) in [4.78, 5) is 0. The van der Waals surface area contributed by atoms with E-state index in [9.17, 15) is 0 Å². The Labute approximate surface area is 79.7 Å². The third-order valence-electron chi connectivity index (χ3n) is 2.96. The number of hydrogen-bond donors (Lipinski definition) is 0. The minimum atomic E-state index is 0.492. The van der Waals surface area contributed by atoms with Crippen LogP contribution < -0.4 is 0 Å². The lowest BCUT2D eigenvalue weighted by atomic mass is 9.97. The Kier molecular flexibility index (Phi) is 2.12. The van der Waals surface area contributed by atoms with Crippen LogP contribution in [-0.4, -0.2) is 7.11 Å². The Morgan fingerprint density at radius 1 is 1.23 bits per heavy atom. The van der Waals surface area contributed by atoms with E-state index in [0.29, 0.717) is 5.41 Å². The van der Waals surface area contributed by atoms with E-state index in [1.54, 1.807) is 7.11 Å². The van der Waals surface area contributed by atoms with Gasteiger partial charge in [0.15, 0.2) is 0 Å². The Hall–Kier alpha value is -0.820. The van der Waals surface area contributed by atoms with Crippen LogP contribution >= 0.6 is 0 Å². The predicted octanol–water partition coefficient (Wildman–Crippen LogP) is 2.88. The van der Waals surface area contributed by atoms with E-state index in [4.69, 9.17) is 4.74 Å². The number of hydrogen-bond acceptors (Lipinski definition) is 1. The third-order valence-corrected chi connectivity index (χ3v) is 2.96. The van der Waals surface area contributed by atoms with Gasteiger partial charge >= 0.3 is 0 Å². The van der Waals surface area contributed by atoms with Gasteiger partial charge in [-0.15, -0.1) is 0 Å². The van der Waals surface area contributed by atoms with Crippen molar-refractivity contribution in [1.82, 2.24) is 0 Å². The van der Waals surface area contributed by atoms with Gasteiger partial charge in [0, 0.05) is 7.11 Å². The Morgan fingerprint density at radius 2 is 1.85 bits per heavy atom. The summed E-state index contributed by atoms with van der Waals surface area (Å²) < 4.78 is 5.07. The van der Waals surface area contributed by atoms with E-state index >= 15 is 0 Å². The van der Waals surface area contributed by atoms with Gasteiger partial charge in [-0.1, -0.05) is 31.2 Å². The third kappa shape index (κ3) is 1.75. The monoisotopic (exact) mass is 176 g/mol. The largest absolute Gasteiger partial charge is 0.380 e. The van der Waals surface area contributed by atoms with Crippen molar-refractivity contribution >= 4 is 0 Å². The van der Waals surface area contributed by atoms with Gasteiger partial charge in [-0.3, -0.25) is 0 Å². The molecule has 0 aromatic heterocycles. The molecular formula is C12H16O. The number of rotatable bonds is 3. The van der Waals surface area contributed by atoms with Gasteiger partial charge in [-0.05, 0) is 29.4 Å². The zero-order chi connectivity index (χ0) is 9.31. The molecule has 1 aliphatic carbocycles. The molecule has 1 aromatic carbocycles. The summed E-state index contributed by atoms with van der Waals surface area (Å²) in [6.45, 7) is 3.05. The lowest BCUT2D eigenvalue weighted by molar-refractivity contribution is 0.185. The highest BCUT2D eigenvalue weighted by atomic mass is 16.5. The van der Waals surface area contributed by atoms with E-state index in [-0.39, 0.29) is 0 Å². The Balaban J connectivity index is 2.14. The van der Waals surface area contributed by atoms with Crippen molar-refractivity contribution in [3.05, 3.63) is 35.4 Å². The molecule has 1 nitrogen and oxygen atoms in total. The summed E-state index contributed by atoms with van der Waals surface area (Å²) >= 11 is 0. The molecule has 0 unspecified atom stereocenters. The van der Waals surface area contributed by atoms with Crippen LogP contribution in [0.15, 0.2) is 24.3 Å². The van der Waals surface area contributed by atoms with Crippen LogP contribution in [0.5, 0.6) is 0 Å². The molecule has 1 saturated carbocycles. The first-order chi connectivity index (χ1) is 6.24. The van der Waals surface area contributed by atoms with Crippen LogP contribution in [-0.2, 0) is 16.8 Å². The number of benzene rings is 1. The summed E-state index contributed by atoms with van der Waals surface area (Å²) in [5.41, 5.74) is 3.23. The summed E-state index contributed by atoms with van der Waals surface area (Å²) in [6.07, 6.45) is 2.69. The van der Waals surface area contributed by atoms with Gasteiger partial charge in [-0.2, -0.15) is 0 Å². The van der Waals surface area contributed by atoms with Gasteiger partial charge in [0.1, 0.15) is 0 Å². The Morgan fingerprint density at radius 3 is 2.31 bits per heavy atom. The minimum Gasteiger partial charge on any atom is -0.380 e. The second kappa shape index (κ2) is 3.15. The SMILES string of the molecule is COCc1ccc(C2(C)CC2)cc1. The molecule has 0 N–H and O–H groups in total. The standard InChI is InChI=1S/C12H16O/c1-12(7-8-12)11-5-3-10(4-6-11)9-13-2/h3-6H,7-9H2,1-2H3. The van der Waals surface area contributed by atoms with Crippen molar-refractivity contribution in [2.45, 2.75) is 31.8 Å². The van der Waals surface area contributed by atoms with Crippen LogP contribution in [0.4, 0.5) is 0 Å². The average Bonchev–Trinajstić information content (AvgIpc) is 2.87. The van der Waals surface area contributed by atoms with Crippen LogP contribution in [0, 0.1) is 0 Å². The molecule has 0 bridgehead atoms. The van der Waals surface area contributed by atoms with Gasteiger partial charge < -0.3 is 4.74 Å². The van der Waals surface area contributed by atoms with E-state index in [2.05, 4.69) is 31.2 Å². The number of ether oxygens (including phenoxy) is 1. The van der Waals surface area contributed by atoms with Crippen LogP contribution in [0.3, 0.4) is 0 Å². The molecule has 0 amide bonds. The molecule has 0 spiro atoms. The lowest BCUT2D eigenvalue weighted by Gasteiger charge is -2.09. The second-order valence-electron chi connectivity index (χ2n) is 4.19. The molecule has 0 atom stereocenters. The fraction of sp³-hybridized carbons (Fsp3) is 0.500. The maximum atomic E-state index is 5.07. The van der Waals surface area contributed by atoms with Gasteiger partial charge in [0.25, 0.3) is 0 Å². The molecule has 13 heavy (non-hydrogen) atoms. The summed E-state index contributed by atoms with van der Waals surface area (Å²) in [5.74, 6) is 0. The molecule has 1 heteroatoms. The minimum absolute atomic E-state index is 0.492. The molecule has 2 rings (SSSR count). The molecule has 0 radical (unpaired) electrons. The fourth-order valence-corrected chi connectivity index (χ4v) is 1.65. The first-order valence-corrected chi connectivity index (χ1v) is 4.83. The molecule has 1 fully saturated rings. The molecular weight excluding hydrogens is 160 g/mol. The van der Waals surface area contributed by atoms with Crippen molar-refractivity contribution in [2.24, 2.45) is 0 Å². The maximum Gasteiger partial charge on any atom is 0.0713 e. The highest BCUT2D eigenvalue weighted by Crippen LogP contribution is 2.47. The predicted molar refractivity (Wildman–Crippen MR) is 53.7 cm³/mol. The van der Waals surface area contributed by atoms with Crippen LogP contribution in [0.1, 0.15) is 30.9 Å². The van der Waals surface area contributed by atoms with Crippen LogP contribution in [0.2, 0.25) is 0 Å². The summed E-state index contributed by atoms with van der Waals surface area (Å²) in [6, 6.07) is 8.81. The van der Waals surface area contributed by atoms with Crippen molar-refractivity contribution in [1.29, 1.82) is 0 Å². The van der Waals surface area contributed by atoms with Crippen LogP contribution in [0.25, 0.3) is 0 Å². The van der Waals surface area contributed by atoms with Gasteiger partial charge in [0.05, 0.1) is 6.61 Å². The first kappa shape index (κ1) is 8.76. The topological polar surface area (TPSA) is 9.23 Å². The van der Waals surface area contributed by atoms with Crippen molar-refractivity contribution in [3.63, 3.8) is 0 Å². The maximum absolute atomic E-state index is 5.07. The highest BCUT2D eigenvalue weighted by molar-refractivity contribution is 5.32. The molecule has 0 aliphatic heterocycles. The zero-order valence-corrected chi connectivity index (χ0v) is 8.34. The summed E-state index contributed by atoms with van der Waals surface area (Å²) in [5, 5.41) is 0. The van der Waals surface area contributed by atoms with E-state index in [0.717, 1.165) is 6.61 Å². The first-order valence-electron chi connectivity index (χ1n) is 4.83.